The number of cyclic esters (lactones) is 2. The minimum absolute atomic E-state index is 0.0275. The first-order valence-electron chi connectivity index (χ1n) is 19.6. The lowest BCUT2D eigenvalue weighted by molar-refractivity contribution is -0.142. The maximum Gasteiger partial charge on any atom is 0.310 e. The van der Waals surface area contributed by atoms with E-state index in [1.807, 2.05) is 12.1 Å². The van der Waals surface area contributed by atoms with Crippen LogP contribution >= 0.6 is 0 Å². The molecule has 16 heteroatoms. The van der Waals surface area contributed by atoms with Crippen LogP contribution in [-0.4, -0.2) is 90.6 Å². The van der Waals surface area contributed by atoms with Crippen LogP contribution < -0.4 is 47.4 Å². The highest BCUT2D eigenvalue weighted by Crippen LogP contribution is 2.57. The van der Waals surface area contributed by atoms with Gasteiger partial charge in [-0.15, -0.1) is 0 Å². The van der Waals surface area contributed by atoms with Gasteiger partial charge in [-0.05, 0) is 81.9 Å². The largest absolute Gasteiger partial charge is 0.493 e. The van der Waals surface area contributed by atoms with Crippen LogP contribution in [0.2, 0.25) is 0 Å². The monoisotopic (exact) mass is 826 g/mol. The number of carbonyl (C=O) groups excluding carboxylic acids is 2. The summed E-state index contributed by atoms with van der Waals surface area (Å²) >= 11 is 0. The van der Waals surface area contributed by atoms with Gasteiger partial charge >= 0.3 is 11.9 Å². The third-order valence-corrected chi connectivity index (χ3v) is 12.6. The Hall–Kier alpha value is -6.26. The highest BCUT2D eigenvalue weighted by Gasteiger charge is 2.54. The molecule has 2 saturated heterocycles. The molecule has 2 aliphatic carbocycles. The van der Waals surface area contributed by atoms with Gasteiger partial charge in [0.1, 0.15) is 13.2 Å². The van der Waals surface area contributed by atoms with Gasteiger partial charge < -0.3 is 67.1 Å². The summed E-state index contributed by atoms with van der Waals surface area (Å²) in [5, 5.41) is 22.8. The zero-order valence-corrected chi connectivity index (χ0v) is 33.1. The van der Waals surface area contributed by atoms with E-state index in [0.717, 1.165) is 0 Å². The number of fused-ring (bicyclic) bond motifs is 6. The average Bonchev–Trinajstić information content (AvgIpc) is 4.09. The Kier molecular flexibility index (Phi) is 9.35. The number of aliphatic hydroxyl groups excluding tert-OH is 2. The number of ether oxygens (including phenoxy) is 12. The number of esters is 2. The topological polar surface area (TPSA) is 185 Å². The summed E-state index contributed by atoms with van der Waals surface area (Å²) < 4.78 is 69.5. The van der Waals surface area contributed by atoms with Crippen LogP contribution in [0.4, 0.5) is 0 Å². The van der Waals surface area contributed by atoms with Gasteiger partial charge in [0.15, 0.2) is 46.0 Å². The van der Waals surface area contributed by atoms with Crippen molar-refractivity contribution in [2.75, 3.05) is 68.5 Å². The van der Waals surface area contributed by atoms with Crippen LogP contribution in [0, 0.1) is 23.7 Å². The predicted octanol–water partition coefficient (Wildman–Crippen LogP) is 4.57. The van der Waals surface area contributed by atoms with Crippen LogP contribution in [-0.2, 0) is 19.1 Å². The second-order valence-corrected chi connectivity index (χ2v) is 15.4. The molecule has 0 saturated carbocycles. The molecular weight excluding hydrogens is 784 g/mol. The van der Waals surface area contributed by atoms with Crippen molar-refractivity contribution in [3.63, 3.8) is 0 Å². The van der Waals surface area contributed by atoms with E-state index in [2.05, 4.69) is 0 Å². The van der Waals surface area contributed by atoms with Gasteiger partial charge in [0.2, 0.25) is 25.1 Å². The Balaban J connectivity index is 0.943. The zero-order chi connectivity index (χ0) is 41.4. The molecule has 0 bridgehead atoms. The molecule has 0 aromatic heterocycles. The fraction of sp³-hybridized carbons (Fsp3) is 0.409. The number of benzene rings is 4. The fourth-order valence-corrected chi connectivity index (χ4v) is 9.82. The molecule has 0 amide bonds. The van der Waals surface area contributed by atoms with Gasteiger partial charge in [0.05, 0.1) is 65.7 Å². The first-order chi connectivity index (χ1) is 29.2. The van der Waals surface area contributed by atoms with Crippen molar-refractivity contribution in [2.24, 2.45) is 23.7 Å². The maximum absolute atomic E-state index is 13.3. The van der Waals surface area contributed by atoms with E-state index < -0.39 is 59.7 Å². The molecule has 2 N–H and O–H groups in total. The van der Waals surface area contributed by atoms with Crippen molar-refractivity contribution >= 4 is 11.9 Å². The summed E-state index contributed by atoms with van der Waals surface area (Å²) in [6.45, 7) is 0.327. The lowest BCUT2D eigenvalue weighted by Gasteiger charge is -2.37. The maximum atomic E-state index is 13.3. The standard InChI is InChI=1S/C44H42O16/c1-49-31-7-20(36-22-12-28-30(60-18-58-28)14-24(22)40(46)26-16-56-44(48)38(26)36)10-34(41(31)52-4)53-5-6-54-42-32(50-2)8-19(9-33(42)51-3)35-21-11-27-29(59-17-57-27)13-23(21)39(45)25-15-55-43(47)37(25)35/h7-14,25-26,35-40,45-46H,5-6,15-18H2,1-4H3/t25-,26-,35+,36+,37-,38-,39+,40+/m0/s1. The number of carbonyl (C=O) groups is 2. The minimum atomic E-state index is -0.953. The third-order valence-electron chi connectivity index (χ3n) is 12.6. The fourth-order valence-electron chi connectivity index (χ4n) is 9.82. The molecule has 0 radical (unpaired) electrons. The lowest BCUT2D eigenvalue weighted by Crippen LogP contribution is -2.34. The summed E-state index contributed by atoms with van der Waals surface area (Å²) in [6, 6.07) is 14.4. The van der Waals surface area contributed by atoms with E-state index in [1.165, 1.54) is 28.4 Å². The molecule has 6 aliphatic rings. The van der Waals surface area contributed by atoms with E-state index in [1.54, 1.807) is 36.4 Å². The molecule has 314 valence electrons. The third kappa shape index (κ3) is 5.86. The van der Waals surface area contributed by atoms with E-state index >= 15 is 0 Å². The van der Waals surface area contributed by atoms with Gasteiger partial charge in [-0.1, -0.05) is 0 Å². The summed E-state index contributed by atoms with van der Waals surface area (Å²) in [7, 11) is 6.03. The molecule has 4 aromatic rings. The first-order valence-corrected chi connectivity index (χ1v) is 19.6. The van der Waals surface area contributed by atoms with Crippen molar-refractivity contribution in [1.29, 1.82) is 0 Å². The molecule has 4 aliphatic heterocycles. The predicted molar refractivity (Wildman–Crippen MR) is 205 cm³/mol. The van der Waals surface area contributed by atoms with Gasteiger partial charge in [-0.3, -0.25) is 9.59 Å². The smallest absolute Gasteiger partial charge is 0.310 e. The van der Waals surface area contributed by atoms with E-state index in [0.29, 0.717) is 90.9 Å². The molecule has 0 unspecified atom stereocenters. The Morgan fingerprint density at radius 3 is 1.33 bits per heavy atom. The second-order valence-electron chi connectivity index (χ2n) is 15.4. The quantitative estimate of drug-likeness (QED) is 0.158. The molecule has 2 fully saturated rings. The number of hydrogen-bond donors (Lipinski definition) is 2. The summed E-state index contributed by atoms with van der Waals surface area (Å²) in [4.78, 5) is 26.6. The number of rotatable bonds is 11. The van der Waals surface area contributed by atoms with Crippen LogP contribution in [0.5, 0.6) is 57.5 Å². The Morgan fingerprint density at radius 1 is 0.500 bits per heavy atom. The Morgan fingerprint density at radius 2 is 0.900 bits per heavy atom. The number of hydrogen-bond acceptors (Lipinski definition) is 16. The van der Waals surface area contributed by atoms with Crippen molar-refractivity contribution < 1.29 is 76.6 Å². The summed E-state index contributed by atoms with van der Waals surface area (Å²) in [6.07, 6.45) is -1.90. The second kappa shape index (κ2) is 14.8. The van der Waals surface area contributed by atoms with E-state index in [4.69, 9.17) is 56.8 Å². The van der Waals surface area contributed by atoms with Gasteiger partial charge in [-0.2, -0.15) is 0 Å². The normalized spacial score (nSPS) is 26.2. The minimum Gasteiger partial charge on any atom is -0.493 e. The molecule has 16 nitrogen and oxygen atoms in total. The highest BCUT2D eigenvalue weighted by atomic mass is 16.7. The Bertz CT molecular complexity index is 2370. The SMILES string of the molecule is COc1cc([C@@H]2c3cc4c(cc3[C@@H](O)[C@H]3COC(=O)[C@H]23)OCO4)cc(OCCOc2c(OC)cc([C@@H]3c4cc5c(cc4[C@@H](O)[C@H]4COC(=O)[C@H]34)OCO5)cc2OC)c1OC. The molecule has 0 spiro atoms. The van der Waals surface area contributed by atoms with Gasteiger partial charge in [-0.25, -0.2) is 0 Å². The van der Waals surface area contributed by atoms with Crippen molar-refractivity contribution in [3.05, 3.63) is 81.9 Å². The van der Waals surface area contributed by atoms with Crippen LogP contribution in [0.15, 0.2) is 48.5 Å². The molecular formula is C44H42O16. The molecule has 4 aromatic carbocycles. The van der Waals surface area contributed by atoms with Gasteiger partial charge in [0.25, 0.3) is 0 Å². The Labute approximate surface area is 343 Å². The summed E-state index contributed by atoms with van der Waals surface area (Å²) in [5.41, 5.74) is 4.05. The van der Waals surface area contributed by atoms with Crippen molar-refractivity contribution in [2.45, 2.75) is 24.0 Å². The average molecular weight is 827 g/mol. The van der Waals surface area contributed by atoms with Crippen LogP contribution in [0.3, 0.4) is 0 Å². The molecule has 10 rings (SSSR count). The lowest BCUT2D eigenvalue weighted by atomic mass is 9.66. The van der Waals surface area contributed by atoms with E-state index in [9.17, 15) is 19.8 Å². The molecule has 8 atom stereocenters. The highest BCUT2D eigenvalue weighted by molar-refractivity contribution is 5.80. The summed E-state index contributed by atoms with van der Waals surface area (Å²) in [5.74, 6) is -0.110. The van der Waals surface area contributed by atoms with Gasteiger partial charge in [0, 0.05) is 23.7 Å². The molecule has 60 heavy (non-hydrogen) atoms. The first kappa shape index (κ1) is 38.0. The number of aliphatic hydroxyl groups is 2. The van der Waals surface area contributed by atoms with E-state index in [-0.39, 0.29) is 40.0 Å². The van der Waals surface area contributed by atoms with Crippen LogP contribution in [0.1, 0.15) is 57.4 Å². The molecule has 4 heterocycles. The van der Waals surface area contributed by atoms with Crippen LogP contribution in [0.25, 0.3) is 0 Å². The van der Waals surface area contributed by atoms with Crippen molar-refractivity contribution in [3.8, 4) is 57.5 Å². The number of methoxy groups -OCH3 is 4. The zero-order valence-electron chi connectivity index (χ0n) is 33.1. The van der Waals surface area contributed by atoms with Crippen molar-refractivity contribution in [1.82, 2.24) is 0 Å².